The SMILES string of the molecule is CCCCCCC/C=C\C/C=C\C/C=C\CCCCCCCCCCCCCCCCC(=O)OCC(COC(=O)CCCCCCC)OC(=O)CCCCCCCCCCCCC/C=C\CCCCCCCCCC. The Kier molecular flexibility index (Phi) is 61.7. The van der Waals surface area contributed by atoms with Crippen molar-refractivity contribution >= 4 is 17.9 Å². The normalized spacial score (nSPS) is 12.3. The summed E-state index contributed by atoms with van der Waals surface area (Å²) in [5, 5.41) is 0. The fourth-order valence-electron chi connectivity index (χ4n) is 9.80. The number of esters is 3. The van der Waals surface area contributed by atoms with Crippen LogP contribution in [0.4, 0.5) is 0 Å². The van der Waals surface area contributed by atoms with Crippen molar-refractivity contribution in [2.45, 2.75) is 361 Å². The molecule has 0 fully saturated rings. The fourth-order valence-corrected chi connectivity index (χ4v) is 9.80. The fraction of sp³-hybridized carbons (Fsp3) is 0.841. The van der Waals surface area contributed by atoms with Crippen molar-refractivity contribution in [1.82, 2.24) is 0 Å². The zero-order valence-corrected chi connectivity index (χ0v) is 50.3. The molecule has 1 unspecified atom stereocenters. The van der Waals surface area contributed by atoms with Gasteiger partial charge in [-0.15, -0.1) is 0 Å². The number of carbonyl (C=O) groups excluding carboxylic acids is 3. The van der Waals surface area contributed by atoms with Crippen LogP contribution in [0.2, 0.25) is 0 Å². The molecule has 0 saturated carbocycles. The van der Waals surface area contributed by atoms with Gasteiger partial charge < -0.3 is 14.2 Å². The van der Waals surface area contributed by atoms with Gasteiger partial charge >= 0.3 is 17.9 Å². The standard InChI is InChI=1S/C69H126O6/c1-4-7-10-13-15-17-19-21-23-25-27-29-31-32-33-34-35-36-38-39-41-43-45-47-49-51-53-56-59-62-68(71)74-65-66(64-73-67(70)61-58-55-12-9-6-3)75-69(72)63-60-57-54-52-50-48-46-44-42-40-37-30-28-26-24-22-20-18-16-14-11-8-5-2/h19,21,25-28,31-32,66H,4-18,20,22-24,29-30,33-65H2,1-3H3/b21-19-,27-25-,28-26-,32-31-. The van der Waals surface area contributed by atoms with E-state index in [2.05, 4.69) is 69.4 Å². The van der Waals surface area contributed by atoms with Crippen molar-refractivity contribution in [2.75, 3.05) is 13.2 Å². The first kappa shape index (κ1) is 72.4. The zero-order chi connectivity index (χ0) is 54.3. The summed E-state index contributed by atoms with van der Waals surface area (Å²) in [6.45, 7) is 6.59. The smallest absolute Gasteiger partial charge is 0.306 e. The maximum absolute atomic E-state index is 12.8. The van der Waals surface area contributed by atoms with Gasteiger partial charge in [0, 0.05) is 19.3 Å². The van der Waals surface area contributed by atoms with Gasteiger partial charge in [-0.2, -0.15) is 0 Å². The number of ether oxygens (including phenoxy) is 3. The van der Waals surface area contributed by atoms with Gasteiger partial charge in [0.2, 0.25) is 0 Å². The van der Waals surface area contributed by atoms with Crippen LogP contribution in [-0.4, -0.2) is 37.2 Å². The molecule has 0 aliphatic rings. The van der Waals surface area contributed by atoms with Crippen LogP contribution in [0.5, 0.6) is 0 Å². The first-order chi connectivity index (χ1) is 37.0. The molecule has 0 radical (unpaired) electrons. The van der Waals surface area contributed by atoms with Crippen LogP contribution in [0.25, 0.3) is 0 Å². The molecule has 6 nitrogen and oxygen atoms in total. The Hall–Kier alpha value is -2.63. The summed E-state index contributed by atoms with van der Waals surface area (Å²) in [5.74, 6) is -0.868. The second kappa shape index (κ2) is 63.9. The maximum Gasteiger partial charge on any atom is 0.306 e. The minimum absolute atomic E-state index is 0.0707. The largest absolute Gasteiger partial charge is 0.462 e. The quantitative estimate of drug-likeness (QED) is 0.0261. The summed E-state index contributed by atoms with van der Waals surface area (Å²) < 4.78 is 16.8. The van der Waals surface area contributed by atoms with Crippen LogP contribution in [0.15, 0.2) is 48.6 Å². The summed E-state index contributed by atoms with van der Waals surface area (Å²) in [6.07, 6.45) is 80.4. The highest BCUT2D eigenvalue weighted by Gasteiger charge is 2.19. The first-order valence-corrected chi connectivity index (χ1v) is 33.1. The topological polar surface area (TPSA) is 78.9 Å². The molecule has 1 atom stereocenters. The van der Waals surface area contributed by atoms with E-state index in [-0.39, 0.29) is 31.1 Å². The molecule has 0 aromatic heterocycles. The Labute approximate surface area is 467 Å². The Bertz CT molecular complexity index is 1300. The summed E-state index contributed by atoms with van der Waals surface area (Å²) >= 11 is 0. The van der Waals surface area contributed by atoms with Gasteiger partial charge in [0.25, 0.3) is 0 Å². The number of hydrogen-bond acceptors (Lipinski definition) is 6. The van der Waals surface area contributed by atoms with Crippen LogP contribution in [-0.2, 0) is 28.6 Å². The highest BCUT2D eigenvalue weighted by atomic mass is 16.6. The lowest BCUT2D eigenvalue weighted by Crippen LogP contribution is -2.30. The van der Waals surface area contributed by atoms with Gasteiger partial charge in [0.05, 0.1) is 0 Å². The monoisotopic (exact) mass is 1050 g/mol. The predicted molar refractivity (Wildman–Crippen MR) is 325 cm³/mol. The Balaban J connectivity index is 3.98. The molecule has 75 heavy (non-hydrogen) atoms. The second-order valence-corrected chi connectivity index (χ2v) is 22.4. The van der Waals surface area contributed by atoms with Gasteiger partial charge in [0.1, 0.15) is 13.2 Å². The Morgan fingerprint density at radius 3 is 0.760 bits per heavy atom. The van der Waals surface area contributed by atoms with E-state index in [1.807, 2.05) is 0 Å². The lowest BCUT2D eigenvalue weighted by molar-refractivity contribution is -0.167. The van der Waals surface area contributed by atoms with E-state index in [4.69, 9.17) is 14.2 Å². The number of carbonyl (C=O) groups is 3. The molecular weight excluding hydrogens is 925 g/mol. The van der Waals surface area contributed by atoms with Crippen molar-refractivity contribution < 1.29 is 28.6 Å². The third-order valence-electron chi connectivity index (χ3n) is 14.8. The van der Waals surface area contributed by atoms with E-state index in [0.717, 1.165) is 77.0 Å². The van der Waals surface area contributed by atoms with Crippen LogP contribution in [0.3, 0.4) is 0 Å². The van der Waals surface area contributed by atoms with Crippen LogP contribution in [0.1, 0.15) is 355 Å². The Morgan fingerprint density at radius 2 is 0.480 bits per heavy atom. The maximum atomic E-state index is 12.8. The molecule has 438 valence electrons. The van der Waals surface area contributed by atoms with Crippen molar-refractivity contribution in [3.63, 3.8) is 0 Å². The summed E-state index contributed by atoms with van der Waals surface area (Å²) in [4.78, 5) is 37.9. The number of unbranched alkanes of at least 4 members (excludes halogenated alkanes) is 42. The third-order valence-corrected chi connectivity index (χ3v) is 14.8. The van der Waals surface area contributed by atoms with Gasteiger partial charge in [-0.25, -0.2) is 0 Å². The van der Waals surface area contributed by atoms with Crippen LogP contribution < -0.4 is 0 Å². The van der Waals surface area contributed by atoms with E-state index in [9.17, 15) is 14.4 Å². The van der Waals surface area contributed by atoms with Crippen molar-refractivity contribution in [1.29, 1.82) is 0 Å². The molecule has 0 bridgehead atoms. The summed E-state index contributed by atoms with van der Waals surface area (Å²) in [7, 11) is 0. The number of allylic oxidation sites excluding steroid dienone is 8. The lowest BCUT2D eigenvalue weighted by atomic mass is 10.0. The third kappa shape index (κ3) is 62.1. The van der Waals surface area contributed by atoms with E-state index in [1.165, 1.54) is 238 Å². The number of rotatable bonds is 61. The van der Waals surface area contributed by atoms with E-state index >= 15 is 0 Å². The molecule has 0 amide bonds. The van der Waals surface area contributed by atoms with Crippen molar-refractivity contribution in [2.24, 2.45) is 0 Å². The average Bonchev–Trinajstić information content (AvgIpc) is 3.41. The van der Waals surface area contributed by atoms with E-state index < -0.39 is 6.10 Å². The molecule has 0 aromatic rings. The molecule has 0 spiro atoms. The molecule has 0 aromatic carbocycles. The van der Waals surface area contributed by atoms with E-state index in [0.29, 0.717) is 19.3 Å². The van der Waals surface area contributed by atoms with Gasteiger partial charge in [-0.05, 0) is 83.5 Å². The minimum Gasteiger partial charge on any atom is -0.462 e. The van der Waals surface area contributed by atoms with Crippen LogP contribution >= 0.6 is 0 Å². The molecule has 0 saturated heterocycles. The van der Waals surface area contributed by atoms with Gasteiger partial charge in [0.15, 0.2) is 6.10 Å². The molecule has 6 heteroatoms. The predicted octanol–water partition coefficient (Wildman–Crippen LogP) is 22.6. The van der Waals surface area contributed by atoms with Crippen LogP contribution in [0, 0.1) is 0 Å². The molecule has 0 aliphatic heterocycles. The lowest BCUT2D eigenvalue weighted by Gasteiger charge is -2.18. The molecule has 0 N–H and O–H groups in total. The highest BCUT2D eigenvalue weighted by molar-refractivity contribution is 5.71. The molecule has 0 aliphatic carbocycles. The zero-order valence-electron chi connectivity index (χ0n) is 50.3. The van der Waals surface area contributed by atoms with Gasteiger partial charge in [-0.1, -0.05) is 301 Å². The minimum atomic E-state index is -0.769. The van der Waals surface area contributed by atoms with Gasteiger partial charge in [-0.3, -0.25) is 14.4 Å². The van der Waals surface area contributed by atoms with E-state index in [1.54, 1.807) is 0 Å². The first-order valence-electron chi connectivity index (χ1n) is 33.1. The molecule has 0 heterocycles. The highest BCUT2D eigenvalue weighted by Crippen LogP contribution is 2.17. The second-order valence-electron chi connectivity index (χ2n) is 22.4. The molecular formula is C69H126O6. The Morgan fingerprint density at radius 1 is 0.267 bits per heavy atom. The average molecular weight is 1050 g/mol. The van der Waals surface area contributed by atoms with Crippen molar-refractivity contribution in [3.05, 3.63) is 48.6 Å². The number of hydrogen-bond donors (Lipinski definition) is 0. The summed E-state index contributed by atoms with van der Waals surface area (Å²) in [6, 6.07) is 0. The molecule has 0 rings (SSSR count). The summed E-state index contributed by atoms with van der Waals surface area (Å²) in [5.41, 5.74) is 0. The van der Waals surface area contributed by atoms with Crippen molar-refractivity contribution in [3.8, 4) is 0 Å².